The molecule has 1 atom stereocenters. The van der Waals surface area contributed by atoms with E-state index in [1.54, 1.807) is 12.4 Å². The van der Waals surface area contributed by atoms with Gasteiger partial charge in [-0.2, -0.15) is 0 Å². The molecule has 3 rings (SSSR count). The number of aromatic amines is 1. The minimum absolute atomic E-state index is 0.382. The predicted octanol–water partition coefficient (Wildman–Crippen LogP) is 1.25. The molecule has 1 aliphatic rings. The molecular weight excluding hydrogens is 286 g/mol. The van der Waals surface area contributed by atoms with Gasteiger partial charge in [-0.25, -0.2) is 9.99 Å². The second kappa shape index (κ2) is 6.02. The summed E-state index contributed by atoms with van der Waals surface area (Å²) in [5.41, 5.74) is 5.20. The number of carboxylic acid groups (broad SMARTS) is 1. The summed E-state index contributed by atoms with van der Waals surface area (Å²) < 4.78 is 0. The lowest BCUT2D eigenvalue weighted by molar-refractivity contribution is -0.143. The van der Waals surface area contributed by atoms with Gasteiger partial charge in [0.25, 0.3) is 0 Å². The van der Waals surface area contributed by atoms with E-state index in [1.807, 2.05) is 11.1 Å². The molecule has 8 nitrogen and oxygen atoms in total. The van der Waals surface area contributed by atoms with E-state index in [0.717, 1.165) is 18.4 Å². The third-order valence-corrected chi connectivity index (χ3v) is 3.84. The number of carbonyl (C=O) groups is 2. The first-order valence-electron chi connectivity index (χ1n) is 7.09. The lowest BCUT2D eigenvalue weighted by Gasteiger charge is -2.32. The van der Waals surface area contributed by atoms with Gasteiger partial charge in [-0.15, -0.1) is 0 Å². The Morgan fingerprint density at radius 3 is 3.18 bits per heavy atom. The third-order valence-electron chi connectivity index (χ3n) is 3.84. The molecule has 3 heterocycles. The van der Waals surface area contributed by atoms with Gasteiger partial charge in [0, 0.05) is 24.7 Å². The Hall–Kier alpha value is -2.61. The molecule has 0 bridgehead atoms. The van der Waals surface area contributed by atoms with Crippen LogP contribution in [0.25, 0.3) is 11.0 Å². The molecule has 1 amide bonds. The molecular formula is C14H17N5O3. The second-order valence-corrected chi connectivity index (χ2v) is 5.28. The number of aromatic nitrogens is 2. The van der Waals surface area contributed by atoms with Crippen molar-refractivity contribution in [2.24, 2.45) is 5.92 Å². The fourth-order valence-corrected chi connectivity index (χ4v) is 2.74. The Bertz CT molecular complexity index is 699. The number of carboxylic acids is 1. The third kappa shape index (κ3) is 2.73. The number of piperidine rings is 1. The van der Waals surface area contributed by atoms with E-state index < -0.39 is 5.97 Å². The molecule has 2 aromatic rings. The van der Waals surface area contributed by atoms with E-state index in [4.69, 9.17) is 0 Å². The largest absolute Gasteiger partial charge is 0.481 e. The first-order valence-corrected chi connectivity index (χ1v) is 7.09. The highest BCUT2D eigenvalue weighted by molar-refractivity contribution is 5.98. The summed E-state index contributed by atoms with van der Waals surface area (Å²) in [6, 6.07) is 1.86. The number of hydrazine groups is 1. The number of nitrogens with zero attached hydrogens (tertiary/aromatic N) is 2. The fourth-order valence-electron chi connectivity index (χ4n) is 2.74. The van der Waals surface area contributed by atoms with E-state index in [0.29, 0.717) is 36.4 Å². The van der Waals surface area contributed by atoms with Crippen molar-refractivity contribution >= 4 is 34.8 Å². The molecule has 0 aliphatic carbocycles. The Morgan fingerprint density at radius 1 is 1.55 bits per heavy atom. The first kappa shape index (κ1) is 14.3. The Morgan fingerprint density at radius 2 is 2.41 bits per heavy atom. The van der Waals surface area contributed by atoms with Crippen LogP contribution in [0.15, 0.2) is 18.5 Å². The SMILES string of the molecule is O=CNc1cnc2[nH]ccc2c1NN1CCCC(C(=O)O)C1. The van der Waals surface area contributed by atoms with Crippen LogP contribution in [-0.2, 0) is 9.59 Å². The van der Waals surface area contributed by atoms with Crippen molar-refractivity contribution in [3.8, 4) is 0 Å². The van der Waals surface area contributed by atoms with Gasteiger partial charge in [0.15, 0.2) is 0 Å². The Labute approximate surface area is 126 Å². The van der Waals surface area contributed by atoms with Gasteiger partial charge in [-0.05, 0) is 18.9 Å². The van der Waals surface area contributed by atoms with Crippen molar-refractivity contribution in [1.82, 2.24) is 15.0 Å². The number of nitrogens with one attached hydrogen (secondary N) is 3. The van der Waals surface area contributed by atoms with Crippen LogP contribution in [0.2, 0.25) is 0 Å². The summed E-state index contributed by atoms with van der Waals surface area (Å²) >= 11 is 0. The quantitative estimate of drug-likeness (QED) is 0.619. The van der Waals surface area contributed by atoms with Gasteiger partial charge >= 0.3 is 5.97 Å². The Balaban J connectivity index is 1.88. The van der Waals surface area contributed by atoms with E-state index in [9.17, 15) is 14.7 Å². The maximum absolute atomic E-state index is 11.2. The molecule has 22 heavy (non-hydrogen) atoms. The van der Waals surface area contributed by atoms with Crippen LogP contribution in [0, 0.1) is 5.92 Å². The number of H-pyrrole nitrogens is 1. The maximum atomic E-state index is 11.2. The normalized spacial score (nSPS) is 19.0. The summed E-state index contributed by atoms with van der Waals surface area (Å²) in [4.78, 5) is 29.2. The molecule has 1 unspecified atom stereocenters. The summed E-state index contributed by atoms with van der Waals surface area (Å²) in [5, 5.41) is 14.5. The number of amides is 1. The van der Waals surface area contributed by atoms with Crippen molar-refractivity contribution in [3.05, 3.63) is 18.5 Å². The first-order chi connectivity index (χ1) is 10.7. The number of hydrogen-bond donors (Lipinski definition) is 4. The zero-order valence-electron chi connectivity index (χ0n) is 11.9. The topological polar surface area (TPSA) is 110 Å². The summed E-state index contributed by atoms with van der Waals surface area (Å²) in [7, 11) is 0. The molecule has 0 radical (unpaired) electrons. The highest BCUT2D eigenvalue weighted by atomic mass is 16.4. The number of anilines is 2. The molecule has 0 aromatic carbocycles. The lowest BCUT2D eigenvalue weighted by atomic mass is 9.99. The average molecular weight is 303 g/mol. The minimum Gasteiger partial charge on any atom is -0.481 e. The molecule has 1 saturated heterocycles. The smallest absolute Gasteiger partial charge is 0.307 e. The molecule has 1 fully saturated rings. The lowest BCUT2D eigenvalue weighted by Crippen LogP contribution is -2.42. The van der Waals surface area contributed by atoms with Crippen molar-refractivity contribution in [2.75, 3.05) is 23.8 Å². The van der Waals surface area contributed by atoms with Gasteiger partial charge in [-0.1, -0.05) is 0 Å². The van der Waals surface area contributed by atoms with Crippen LogP contribution in [0.4, 0.5) is 11.4 Å². The average Bonchev–Trinajstić information content (AvgIpc) is 2.99. The van der Waals surface area contributed by atoms with Gasteiger partial charge in [-0.3, -0.25) is 9.59 Å². The van der Waals surface area contributed by atoms with Crippen LogP contribution in [0.1, 0.15) is 12.8 Å². The minimum atomic E-state index is -0.778. The van der Waals surface area contributed by atoms with Crippen LogP contribution in [0.3, 0.4) is 0 Å². The maximum Gasteiger partial charge on any atom is 0.307 e. The Kier molecular flexibility index (Phi) is 3.92. The van der Waals surface area contributed by atoms with Gasteiger partial charge in [0.05, 0.1) is 23.5 Å². The number of fused-ring (bicyclic) bond motifs is 1. The van der Waals surface area contributed by atoms with Crippen molar-refractivity contribution in [3.63, 3.8) is 0 Å². The molecule has 0 saturated carbocycles. The van der Waals surface area contributed by atoms with Gasteiger partial charge in [0.2, 0.25) is 6.41 Å². The van der Waals surface area contributed by atoms with Gasteiger partial charge in [0.1, 0.15) is 5.65 Å². The van der Waals surface area contributed by atoms with Crippen LogP contribution in [-0.4, -0.2) is 45.6 Å². The van der Waals surface area contributed by atoms with E-state index >= 15 is 0 Å². The second-order valence-electron chi connectivity index (χ2n) is 5.28. The predicted molar refractivity (Wildman–Crippen MR) is 81.3 cm³/mol. The van der Waals surface area contributed by atoms with E-state index in [2.05, 4.69) is 20.7 Å². The number of pyridine rings is 1. The highest BCUT2D eigenvalue weighted by Crippen LogP contribution is 2.30. The standard InChI is InChI=1S/C14H17N5O3/c20-8-17-11-6-16-13-10(3-4-15-13)12(11)18-19-5-1-2-9(7-19)14(21)22/h3-4,6,8-9H,1-2,5,7H2,(H,17,20)(H,21,22)(H2,15,16,18). The van der Waals surface area contributed by atoms with Crippen LogP contribution >= 0.6 is 0 Å². The molecule has 1 aliphatic heterocycles. The van der Waals surface area contributed by atoms with Crippen molar-refractivity contribution < 1.29 is 14.7 Å². The molecule has 4 N–H and O–H groups in total. The van der Waals surface area contributed by atoms with Crippen molar-refractivity contribution in [2.45, 2.75) is 12.8 Å². The molecule has 116 valence electrons. The van der Waals surface area contributed by atoms with E-state index in [1.165, 1.54) is 0 Å². The van der Waals surface area contributed by atoms with E-state index in [-0.39, 0.29) is 5.92 Å². The highest BCUT2D eigenvalue weighted by Gasteiger charge is 2.26. The fraction of sp³-hybridized carbons (Fsp3) is 0.357. The monoisotopic (exact) mass is 303 g/mol. The summed E-state index contributed by atoms with van der Waals surface area (Å²) in [6.45, 7) is 1.17. The number of carbonyl (C=O) groups excluding carboxylic acids is 1. The zero-order chi connectivity index (χ0) is 15.5. The number of rotatable bonds is 5. The van der Waals surface area contributed by atoms with Crippen molar-refractivity contribution in [1.29, 1.82) is 0 Å². The number of hydrogen-bond acceptors (Lipinski definition) is 5. The summed E-state index contributed by atoms with van der Waals surface area (Å²) in [6.07, 6.45) is 5.42. The molecule has 8 heteroatoms. The van der Waals surface area contributed by atoms with Gasteiger partial charge < -0.3 is 20.8 Å². The number of aliphatic carboxylic acids is 1. The summed E-state index contributed by atoms with van der Waals surface area (Å²) in [5.74, 6) is -1.16. The van der Waals surface area contributed by atoms with Crippen LogP contribution in [0.5, 0.6) is 0 Å². The van der Waals surface area contributed by atoms with Crippen LogP contribution < -0.4 is 10.7 Å². The molecule has 2 aromatic heterocycles. The zero-order valence-corrected chi connectivity index (χ0v) is 11.9. The molecule has 0 spiro atoms.